The Morgan fingerprint density at radius 1 is 1.30 bits per heavy atom. The van der Waals surface area contributed by atoms with Gasteiger partial charge in [-0.2, -0.15) is 0 Å². The first-order chi connectivity index (χ1) is 13.1. The molecule has 0 saturated carbocycles. The lowest BCUT2D eigenvalue weighted by Crippen LogP contribution is -2.39. The molecule has 144 valence electrons. The van der Waals surface area contributed by atoms with E-state index < -0.39 is 0 Å². The first-order valence-electron chi connectivity index (χ1n) is 9.31. The number of ether oxygens (including phenoxy) is 2. The summed E-state index contributed by atoms with van der Waals surface area (Å²) < 4.78 is 10.6. The molecule has 0 aromatic carbocycles. The van der Waals surface area contributed by atoms with Crippen LogP contribution in [0.5, 0.6) is 5.88 Å². The number of nitrogens with zero attached hydrogens (tertiary/aromatic N) is 4. The molecule has 0 N–H and O–H groups in total. The van der Waals surface area contributed by atoms with E-state index in [1.165, 1.54) is 0 Å². The van der Waals surface area contributed by atoms with Gasteiger partial charge in [-0.3, -0.25) is 4.79 Å². The van der Waals surface area contributed by atoms with Gasteiger partial charge < -0.3 is 14.4 Å². The second-order valence-corrected chi connectivity index (χ2v) is 6.64. The smallest absolute Gasteiger partial charge is 0.255 e. The fourth-order valence-electron chi connectivity index (χ4n) is 3.38. The summed E-state index contributed by atoms with van der Waals surface area (Å²) in [6.07, 6.45) is 5.36. The summed E-state index contributed by atoms with van der Waals surface area (Å²) in [5.41, 5.74) is 2.58. The molecule has 0 radical (unpaired) electrons. The molecule has 7 nitrogen and oxygen atoms in total. The van der Waals surface area contributed by atoms with E-state index >= 15 is 0 Å². The van der Waals surface area contributed by atoms with Crippen molar-refractivity contribution in [3.63, 3.8) is 0 Å². The van der Waals surface area contributed by atoms with Crippen LogP contribution >= 0.6 is 0 Å². The van der Waals surface area contributed by atoms with E-state index in [1.54, 1.807) is 25.4 Å². The van der Waals surface area contributed by atoms with Gasteiger partial charge in [-0.15, -0.1) is 0 Å². The average Bonchev–Trinajstić information content (AvgIpc) is 2.72. The Balaban J connectivity index is 1.77. The van der Waals surface area contributed by atoms with Crippen LogP contribution in [0.2, 0.25) is 0 Å². The molecule has 3 heterocycles. The molecular weight excluding hydrogens is 344 g/mol. The Morgan fingerprint density at radius 2 is 2.15 bits per heavy atom. The molecule has 27 heavy (non-hydrogen) atoms. The van der Waals surface area contributed by atoms with E-state index in [4.69, 9.17) is 9.47 Å². The second kappa shape index (κ2) is 8.90. The Labute approximate surface area is 159 Å². The van der Waals surface area contributed by atoms with Crippen molar-refractivity contribution in [2.45, 2.75) is 39.2 Å². The van der Waals surface area contributed by atoms with Gasteiger partial charge in [0.2, 0.25) is 5.88 Å². The predicted octanol–water partition coefficient (Wildman–Crippen LogP) is 2.74. The van der Waals surface area contributed by atoms with Crippen LogP contribution < -0.4 is 4.74 Å². The first-order valence-corrected chi connectivity index (χ1v) is 9.31. The summed E-state index contributed by atoms with van der Waals surface area (Å²) in [7, 11) is 1.56. The zero-order chi connectivity index (χ0) is 19.2. The molecule has 3 rings (SSSR count). The van der Waals surface area contributed by atoms with E-state index in [1.807, 2.05) is 24.9 Å². The van der Waals surface area contributed by atoms with E-state index in [-0.39, 0.29) is 11.8 Å². The van der Waals surface area contributed by atoms with Crippen molar-refractivity contribution in [3.8, 4) is 5.88 Å². The van der Waals surface area contributed by atoms with Gasteiger partial charge >= 0.3 is 0 Å². The van der Waals surface area contributed by atoms with Crippen molar-refractivity contribution < 1.29 is 14.3 Å². The van der Waals surface area contributed by atoms with Crippen LogP contribution in [0.15, 0.2) is 24.5 Å². The average molecular weight is 370 g/mol. The van der Waals surface area contributed by atoms with E-state index in [0.717, 1.165) is 36.5 Å². The Hall–Kier alpha value is -2.54. The number of hydrogen-bond acceptors (Lipinski definition) is 6. The molecule has 7 heteroatoms. The second-order valence-electron chi connectivity index (χ2n) is 6.64. The van der Waals surface area contributed by atoms with Gasteiger partial charge in [0.25, 0.3) is 5.91 Å². The number of pyridine rings is 1. The molecule has 1 atom stereocenters. The highest BCUT2D eigenvalue weighted by atomic mass is 16.5. The number of aryl methyl sites for hydroxylation is 1. The maximum atomic E-state index is 12.9. The van der Waals surface area contributed by atoms with Gasteiger partial charge in [-0.05, 0) is 32.8 Å². The van der Waals surface area contributed by atoms with Crippen LogP contribution in [0.4, 0.5) is 0 Å². The molecule has 2 aromatic heterocycles. The van der Waals surface area contributed by atoms with Crippen LogP contribution in [0, 0.1) is 6.92 Å². The largest absolute Gasteiger partial charge is 0.481 e. The number of likely N-dealkylation sites (tertiary alicyclic amines) is 1. The highest BCUT2D eigenvalue weighted by Gasteiger charge is 2.28. The molecule has 2 aromatic rings. The zero-order valence-electron chi connectivity index (χ0n) is 16.1. The monoisotopic (exact) mass is 370 g/mol. The number of rotatable bonds is 6. The van der Waals surface area contributed by atoms with Gasteiger partial charge in [0.15, 0.2) is 0 Å². The number of piperidine rings is 1. The Bertz CT molecular complexity index is 779. The lowest BCUT2D eigenvalue weighted by atomic mass is 9.91. The first kappa shape index (κ1) is 19.2. The molecule has 1 fully saturated rings. The molecule has 1 aliphatic heterocycles. The maximum Gasteiger partial charge on any atom is 0.255 e. The molecule has 1 amide bonds. The lowest BCUT2D eigenvalue weighted by molar-refractivity contribution is 0.0703. The van der Waals surface area contributed by atoms with Crippen molar-refractivity contribution in [1.29, 1.82) is 0 Å². The topological polar surface area (TPSA) is 77.4 Å². The van der Waals surface area contributed by atoms with Gasteiger partial charge in [-0.1, -0.05) is 0 Å². The van der Waals surface area contributed by atoms with E-state index in [9.17, 15) is 4.79 Å². The summed E-state index contributed by atoms with van der Waals surface area (Å²) >= 11 is 0. The van der Waals surface area contributed by atoms with Gasteiger partial charge in [0.05, 0.1) is 25.0 Å². The minimum atomic E-state index is -0.00742. The fraction of sp³-hybridized carbons (Fsp3) is 0.500. The molecule has 1 unspecified atom stereocenters. The normalized spacial score (nSPS) is 17.0. The number of hydrogen-bond donors (Lipinski definition) is 0. The third-order valence-corrected chi connectivity index (χ3v) is 4.77. The molecule has 0 aliphatic carbocycles. The summed E-state index contributed by atoms with van der Waals surface area (Å²) in [4.78, 5) is 27.9. The van der Waals surface area contributed by atoms with Gasteiger partial charge in [-0.25, -0.2) is 15.0 Å². The minimum Gasteiger partial charge on any atom is -0.481 e. The van der Waals surface area contributed by atoms with Crippen LogP contribution in [0.25, 0.3) is 0 Å². The van der Waals surface area contributed by atoms with Crippen molar-refractivity contribution in [2.24, 2.45) is 0 Å². The van der Waals surface area contributed by atoms with Crippen LogP contribution in [-0.2, 0) is 11.3 Å². The van der Waals surface area contributed by atoms with Gasteiger partial charge in [0.1, 0.15) is 5.82 Å². The van der Waals surface area contributed by atoms with Crippen LogP contribution in [-0.4, -0.2) is 52.6 Å². The van der Waals surface area contributed by atoms with Gasteiger partial charge in [0, 0.05) is 49.6 Å². The highest BCUT2D eigenvalue weighted by Crippen LogP contribution is 2.29. The SMILES string of the molecule is CCOCc1cnc(C)nc1C1CCCN(C(=O)c2ccc(OC)nc2)C1. The number of carbonyl (C=O) groups excluding carboxylic acids is 1. The van der Waals surface area contributed by atoms with E-state index in [2.05, 4.69) is 15.0 Å². The zero-order valence-corrected chi connectivity index (χ0v) is 16.1. The quantitative estimate of drug-likeness (QED) is 0.778. The standard InChI is InChI=1S/C20H26N4O3/c1-4-27-13-17-11-21-14(2)23-19(17)16-6-5-9-24(12-16)20(25)15-7-8-18(26-3)22-10-15/h7-8,10-11,16H,4-6,9,12-13H2,1-3H3. The summed E-state index contributed by atoms with van der Waals surface area (Å²) in [6, 6.07) is 3.47. The van der Waals surface area contributed by atoms with Crippen molar-refractivity contribution >= 4 is 5.91 Å². The molecule has 0 bridgehead atoms. The van der Waals surface area contributed by atoms with Crippen LogP contribution in [0.3, 0.4) is 0 Å². The summed E-state index contributed by atoms with van der Waals surface area (Å²) in [5.74, 6) is 1.42. The maximum absolute atomic E-state index is 12.9. The summed E-state index contributed by atoms with van der Waals surface area (Å²) in [5, 5.41) is 0. The van der Waals surface area contributed by atoms with Crippen LogP contribution in [0.1, 0.15) is 53.1 Å². The van der Waals surface area contributed by atoms with E-state index in [0.29, 0.717) is 31.2 Å². The molecule has 1 saturated heterocycles. The fourth-order valence-corrected chi connectivity index (χ4v) is 3.38. The minimum absolute atomic E-state index is 0.00742. The van der Waals surface area contributed by atoms with Crippen molar-refractivity contribution in [2.75, 3.05) is 26.8 Å². The number of methoxy groups -OCH3 is 1. The van der Waals surface area contributed by atoms with Crippen molar-refractivity contribution in [1.82, 2.24) is 19.9 Å². The predicted molar refractivity (Wildman–Crippen MR) is 101 cm³/mol. The molecule has 1 aliphatic rings. The number of aromatic nitrogens is 3. The molecular formula is C20H26N4O3. The lowest BCUT2D eigenvalue weighted by Gasteiger charge is -2.33. The Kier molecular flexibility index (Phi) is 6.34. The number of carbonyl (C=O) groups is 1. The van der Waals surface area contributed by atoms with Crippen molar-refractivity contribution in [3.05, 3.63) is 47.2 Å². The number of amides is 1. The Morgan fingerprint density at radius 3 is 2.85 bits per heavy atom. The highest BCUT2D eigenvalue weighted by molar-refractivity contribution is 5.94. The third-order valence-electron chi connectivity index (χ3n) is 4.77. The molecule has 0 spiro atoms. The summed E-state index contributed by atoms with van der Waals surface area (Å²) in [6.45, 7) is 6.39. The third kappa shape index (κ3) is 4.60.